The molecule has 0 radical (unpaired) electrons. The summed E-state index contributed by atoms with van der Waals surface area (Å²) in [5, 5.41) is 7.68. The van der Waals surface area contributed by atoms with E-state index in [9.17, 15) is 4.79 Å². The van der Waals surface area contributed by atoms with Gasteiger partial charge in [0.1, 0.15) is 0 Å². The highest BCUT2D eigenvalue weighted by Gasteiger charge is 2.25. The fourth-order valence-corrected chi connectivity index (χ4v) is 2.92. The number of aromatic nitrogens is 2. The molecule has 5 heteroatoms. The quantitative estimate of drug-likeness (QED) is 0.785. The number of rotatable bonds is 7. The molecular weight excluding hydrogens is 258 g/mol. The molecule has 0 aromatic carbocycles. The van der Waals surface area contributed by atoms with Gasteiger partial charge in [0.2, 0.25) is 0 Å². The molecule has 0 atom stereocenters. The van der Waals surface area contributed by atoms with Crippen LogP contribution in [0.1, 0.15) is 24.4 Å². The van der Waals surface area contributed by atoms with Crippen LogP contribution in [0.2, 0.25) is 0 Å². The average molecular weight is 277 g/mol. The number of nitrogens with one attached hydrogen (secondary N) is 1. The predicted octanol–water partition coefficient (Wildman–Crippen LogP) is 1.88. The molecule has 1 fully saturated rings. The normalized spacial score (nSPS) is 14.9. The summed E-state index contributed by atoms with van der Waals surface area (Å²) in [6.07, 6.45) is 7.19. The zero-order chi connectivity index (χ0) is 13.1. The second kappa shape index (κ2) is 5.75. The third-order valence-electron chi connectivity index (χ3n) is 3.51. The van der Waals surface area contributed by atoms with Crippen molar-refractivity contribution in [1.82, 2.24) is 14.5 Å². The fraction of sp³-hybridized carbons (Fsp3) is 0.500. The number of hydrogen-bond donors (Lipinski definition) is 1. The number of hydrogen-bond acceptors (Lipinski definition) is 3. The van der Waals surface area contributed by atoms with Gasteiger partial charge in [-0.15, -0.1) is 0 Å². The van der Waals surface area contributed by atoms with Gasteiger partial charge in [0.25, 0.3) is 0 Å². The fourth-order valence-electron chi connectivity index (χ4n) is 2.22. The van der Waals surface area contributed by atoms with E-state index in [-0.39, 0.29) is 5.69 Å². The molecule has 0 unspecified atom stereocenters. The molecule has 1 saturated carbocycles. The van der Waals surface area contributed by atoms with Gasteiger partial charge >= 0.3 is 5.69 Å². The standard InChI is InChI=1S/C14H19N3OS/c18-14-16(8-9-17(14)13-1-2-13)7-6-15-5-3-12-4-10-19-11-12/h4,8-11,13,15H,1-3,5-7H2. The second-order valence-electron chi connectivity index (χ2n) is 5.04. The van der Waals surface area contributed by atoms with Gasteiger partial charge in [-0.25, -0.2) is 4.79 Å². The maximum atomic E-state index is 12.0. The zero-order valence-corrected chi connectivity index (χ0v) is 11.7. The molecule has 2 aromatic rings. The Morgan fingerprint density at radius 2 is 2.21 bits per heavy atom. The van der Waals surface area contributed by atoms with Crippen molar-refractivity contribution in [3.8, 4) is 0 Å². The molecule has 4 nitrogen and oxygen atoms in total. The highest BCUT2D eigenvalue weighted by atomic mass is 32.1. The van der Waals surface area contributed by atoms with Crippen molar-refractivity contribution in [3.63, 3.8) is 0 Å². The smallest absolute Gasteiger partial charge is 0.315 e. The van der Waals surface area contributed by atoms with Crippen molar-refractivity contribution in [3.05, 3.63) is 45.3 Å². The van der Waals surface area contributed by atoms with Crippen molar-refractivity contribution in [1.29, 1.82) is 0 Å². The van der Waals surface area contributed by atoms with Gasteiger partial charge in [-0.1, -0.05) is 0 Å². The van der Waals surface area contributed by atoms with Crippen molar-refractivity contribution in [2.24, 2.45) is 0 Å². The summed E-state index contributed by atoms with van der Waals surface area (Å²) in [6, 6.07) is 2.63. The zero-order valence-electron chi connectivity index (χ0n) is 10.9. The van der Waals surface area contributed by atoms with Gasteiger partial charge in [-0.05, 0) is 48.2 Å². The molecule has 0 spiro atoms. The minimum absolute atomic E-state index is 0.141. The van der Waals surface area contributed by atoms with Crippen molar-refractivity contribution >= 4 is 11.3 Å². The molecule has 3 rings (SSSR count). The first-order chi connectivity index (χ1) is 9.34. The lowest BCUT2D eigenvalue weighted by Crippen LogP contribution is -2.29. The van der Waals surface area contributed by atoms with E-state index >= 15 is 0 Å². The molecule has 0 saturated heterocycles. The molecule has 0 bridgehead atoms. The minimum Gasteiger partial charge on any atom is -0.315 e. The van der Waals surface area contributed by atoms with Crippen LogP contribution in [0.4, 0.5) is 0 Å². The molecule has 2 aromatic heterocycles. The molecular formula is C14H19N3OS. The van der Waals surface area contributed by atoms with Crippen LogP contribution in [0.15, 0.2) is 34.0 Å². The first kappa shape index (κ1) is 12.7. The van der Waals surface area contributed by atoms with Crippen LogP contribution in [0, 0.1) is 0 Å². The highest BCUT2D eigenvalue weighted by molar-refractivity contribution is 7.07. The van der Waals surface area contributed by atoms with Crippen LogP contribution in [0.3, 0.4) is 0 Å². The first-order valence-corrected chi connectivity index (χ1v) is 7.78. The van der Waals surface area contributed by atoms with E-state index in [1.54, 1.807) is 15.9 Å². The summed E-state index contributed by atoms with van der Waals surface area (Å²) in [5.74, 6) is 0. The Labute approximate surface area is 116 Å². The van der Waals surface area contributed by atoms with Gasteiger partial charge in [-0.2, -0.15) is 11.3 Å². The van der Waals surface area contributed by atoms with Crippen LogP contribution < -0.4 is 11.0 Å². The van der Waals surface area contributed by atoms with E-state index in [0.717, 1.165) is 38.9 Å². The van der Waals surface area contributed by atoms with Crippen molar-refractivity contribution in [2.75, 3.05) is 13.1 Å². The third kappa shape index (κ3) is 3.16. The summed E-state index contributed by atoms with van der Waals surface area (Å²) in [4.78, 5) is 12.0. The Morgan fingerprint density at radius 1 is 1.32 bits per heavy atom. The highest BCUT2D eigenvalue weighted by Crippen LogP contribution is 2.33. The van der Waals surface area contributed by atoms with E-state index in [4.69, 9.17) is 0 Å². The largest absolute Gasteiger partial charge is 0.328 e. The molecule has 1 N–H and O–H groups in total. The number of thiophene rings is 1. The van der Waals surface area contributed by atoms with E-state index in [2.05, 4.69) is 22.1 Å². The topological polar surface area (TPSA) is 39.0 Å². The van der Waals surface area contributed by atoms with Gasteiger partial charge in [0, 0.05) is 31.5 Å². The maximum absolute atomic E-state index is 12.0. The molecule has 0 aliphatic heterocycles. The van der Waals surface area contributed by atoms with Crippen molar-refractivity contribution < 1.29 is 0 Å². The maximum Gasteiger partial charge on any atom is 0.328 e. The van der Waals surface area contributed by atoms with Crippen LogP contribution in [-0.4, -0.2) is 22.2 Å². The lowest BCUT2D eigenvalue weighted by atomic mass is 10.2. The lowest BCUT2D eigenvalue weighted by molar-refractivity contribution is 0.569. The summed E-state index contributed by atoms with van der Waals surface area (Å²) in [6.45, 7) is 2.57. The minimum atomic E-state index is 0.141. The summed E-state index contributed by atoms with van der Waals surface area (Å²) in [7, 11) is 0. The molecule has 1 aliphatic rings. The van der Waals surface area contributed by atoms with Crippen LogP contribution in [0.25, 0.3) is 0 Å². The molecule has 2 heterocycles. The van der Waals surface area contributed by atoms with Gasteiger partial charge in [0.05, 0.1) is 0 Å². The Bertz CT molecular complexity index is 566. The van der Waals surface area contributed by atoms with Gasteiger partial charge in [0.15, 0.2) is 0 Å². The SMILES string of the molecule is O=c1n(CCNCCc2ccsc2)ccn1C1CC1. The number of nitrogens with zero attached hydrogens (tertiary/aromatic N) is 2. The summed E-state index contributed by atoms with van der Waals surface area (Å²) < 4.78 is 3.67. The number of imidazole rings is 1. The van der Waals surface area contributed by atoms with Crippen LogP contribution >= 0.6 is 11.3 Å². The Kier molecular flexibility index (Phi) is 3.84. The van der Waals surface area contributed by atoms with Gasteiger partial charge in [-0.3, -0.25) is 9.13 Å². The molecule has 102 valence electrons. The molecule has 0 amide bonds. The first-order valence-electron chi connectivity index (χ1n) is 6.83. The van der Waals surface area contributed by atoms with E-state index in [1.165, 1.54) is 5.56 Å². The second-order valence-corrected chi connectivity index (χ2v) is 5.82. The van der Waals surface area contributed by atoms with Gasteiger partial charge < -0.3 is 5.32 Å². The monoisotopic (exact) mass is 277 g/mol. The van der Waals surface area contributed by atoms with E-state index in [1.807, 2.05) is 17.0 Å². The summed E-state index contributed by atoms with van der Waals surface area (Å²) >= 11 is 1.74. The Hall–Kier alpha value is -1.33. The predicted molar refractivity (Wildman–Crippen MR) is 77.9 cm³/mol. The lowest BCUT2D eigenvalue weighted by Gasteiger charge is -2.04. The Balaban J connectivity index is 1.41. The third-order valence-corrected chi connectivity index (χ3v) is 4.25. The average Bonchev–Trinajstić information content (AvgIpc) is 2.99. The van der Waals surface area contributed by atoms with E-state index in [0.29, 0.717) is 6.04 Å². The van der Waals surface area contributed by atoms with Crippen LogP contribution in [0.5, 0.6) is 0 Å². The summed E-state index contributed by atoms with van der Waals surface area (Å²) in [5.41, 5.74) is 1.52. The van der Waals surface area contributed by atoms with Crippen molar-refractivity contribution in [2.45, 2.75) is 31.8 Å². The van der Waals surface area contributed by atoms with Crippen LogP contribution in [-0.2, 0) is 13.0 Å². The molecule has 1 aliphatic carbocycles. The van der Waals surface area contributed by atoms with E-state index < -0.39 is 0 Å². The Morgan fingerprint density at radius 3 is 2.95 bits per heavy atom. The molecule has 19 heavy (non-hydrogen) atoms.